The lowest BCUT2D eigenvalue weighted by Gasteiger charge is -2.21. The van der Waals surface area contributed by atoms with E-state index in [-0.39, 0.29) is 5.91 Å². The molecule has 0 fully saturated rings. The molecule has 0 saturated heterocycles. The number of hydrogen-bond acceptors (Lipinski definition) is 3. The molecule has 1 amide bonds. The quantitative estimate of drug-likeness (QED) is 0.900. The molecule has 0 bridgehead atoms. The molecule has 4 heteroatoms. The Morgan fingerprint density at radius 1 is 1.20 bits per heavy atom. The SMILES string of the molecule is CN(CCc1ccncc1)C(=O)C(N)c1ccccc1. The van der Waals surface area contributed by atoms with Gasteiger partial charge in [-0.2, -0.15) is 0 Å². The van der Waals surface area contributed by atoms with Gasteiger partial charge in [0.05, 0.1) is 0 Å². The van der Waals surface area contributed by atoms with E-state index >= 15 is 0 Å². The predicted molar refractivity (Wildman–Crippen MR) is 78.9 cm³/mol. The molecule has 1 heterocycles. The van der Waals surface area contributed by atoms with Gasteiger partial charge in [-0.3, -0.25) is 9.78 Å². The summed E-state index contributed by atoms with van der Waals surface area (Å²) in [6, 6.07) is 12.7. The summed E-state index contributed by atoms with van der Waals surface area (Å²) in [6.07, 6.45) is 4.31. The number of amides is 1. The lowest BCUT2D eigenvalue weighted by Crippen LogP contribution is -2.37. The Morgan fingerprint density at radius 3 is 2.50 bits per heavy atom. The summed E-state index contributed by atoms with van der Waals surface area (Å²) in [4.78, 5) is 17.9. The Labute approximate surface area is 119 Å². The van der Waals surface area contributed by atoms with Gasteiger partial charge in [-0.25, -0.2) is 0 Å². The molecular formula is C16H19N3O. The van der Waals surface area contributed by atoms with Gasteiger partial charge in [0.2, 0.25) is 5.91 Å². The number of nitrogens with zero attached hydrogens (tertiary/aromatic N) is 2. The minimum atomic E-state index is -0.598. The van der Waals surface area contributed by atoms with Crippen LogP contribution in [0.25, 0.3) is 0 Å². The zero-order chi connectivity index (χ0) is 14.4. The van der Waals surface area contributed by atoms with Crippen molar-refractivity contribution in [3.05, 3.63) is 66.0 Å². The Kier molecular flexibility index (Phi) is 4.85. The van der Waals surface area contributed by atoms with E-state index in [4.69, 9.17) is 5.73 Å². The van der Waals surface area contributed by atoms with Crippen LogP contribution >= 0.6 is 0 Å². The average molecular weight is 269 g/mol. The monoisotopic (exact) mass is 269 g/mol. The Balaban J connectivity index is 1.92. The number of nitrogens with two attached hydrogens (primary N) is 1. The first kappa shape index (κ1) is 14.2. The maximum atomic E-state index is 12.3. The van der Waals surface area contributed by atoms with Crippen molar-refractivity contribution < 1.29 is 4.79 Å². The second-order valence-corrected chi connectivity index (χ2v) is 4.75. The molecule has 1 atom stereocenters. The molecule has 2 aromatic rings. The second kappa shape index (κ2) is 6.82. The van der Waals surface area contributed by atoms with E-state index in [0.29, 0.717) is 6.54 Å². The maximum Gasteiger partial charge on any atom is 0.243 e. The standard InChI is InChI=1S/C16H19N3O/c1-19(12-9-13-7-10-18-11-8-13)16(20)15(17)14-5-3-2-4-6-14/h2-8,10-11,15H,9,12,17H2,1H3. The van der Waals surface area contributed by atoms with Gasteiger partial charge >= 0.3 is 0 Å². The smallest absolute Gasteiger partial charge is 0.243 e. The van der Waals surface area contributed by atoms with E-state index in [9.17, 15) is 4.79 Å². The van der Waals surface area contributed by atoms with Crippen molar-refractivity contribution in [3.8, 4) is 0 Å². The topological polar surface area (TPSA) is 59.2 Å². The summed E-state index contributed by atoms with van der Waals surface area (Å²) in [5.74, 6) is -0.0646. The molecule has 0 aliphatic carbocycles. The van der Waals surface area contributed by atoms with Crippen molar-refractivity contribution in [2.45, 2.75) is 12.5 Å². The first-order valence-electron chi connectivity index (χ1n) is 6.63. The highest BCUT2D eigenvalue weighted by Crippen LogP contribution is 2.12. The molecule has 0 aliphatic rings. The summed E-state index contributed by atoms with van der Waals surface area (Å²) in [7, 11) is 1.78. The van der Waals surface area contributed by atoms with Gasteiger partial charge in [-0.1, -0.05) is 30.3 Å². The van der Waals surface area contributed by atoms with Gasteiger partial charge in [0.25, 0.3) is 0 Å². The third-order valence-corrected chi connectivity index (χ3v) is 3.29. The zero-order valence-electron chi connectivity index (χ0n) is 11.6. The molecule has 0 spiro atoms. The van der Waals surface area contributed by atoms with Crippen LogP contribution in [-0.2, 0) is 11.2 Å². The van der Waals surface area contributed by atoms with Gasteiger partial charge in [0.1, 0.15) is 6.04 Å². The van der Waals surface area contributed by atoms with Crippen molar-refractivity contribution in [1.82, 2.24) is 9.88 Å². The molecule has 0 saturated carbocycles. The Morgan fingerprint density at radius 2 is 1.85 bits per heavy atom. The minimum absolute atomic E-state index is 0.0646. The van der Waals surface area contributed by atoms with E-state index in [0.717, 1.165) is 17.5 Å². The van der Waals surface area contributed by atoms with Crippen LogP contribution in [-0.4, -0.2) is 29.4 Å². The number of aromatic nitrogens is 1. The fourth-order valence-electron chi connectivity index (χ4n) is 2.00. The van der Waals surface area contributed by atoms with Crippen LogP contribution in [0.5, 0.6) is 0 Å². The van der Waals surface area contributed by atoms with Crippen LogP contribution in [0.3, 0.4) is 0 Å². The number of benzene rings is 1. The fourth-order valence-corrected chi connectivity index (χ4v) is 2.00. The molecule has 0 radical (unpaired) electrons. The third-order valence-electron chi connectivity index (χ3n) is 3.29. The van der Waals surface area contributed by atoms with E-state index < -0.39 is 6.04 Å². The number of hydrogen-bond donors (Lipinski definition) is 1. The second-order valence-electron chi connectivity index (χ2n) is 4.75. The lowest BCUT2D eigenvalue weighted by atomic mass is 10.1. The molecule has 20 heavy (non-hydrogen) atoms. The first-order valence-corrected chi connectivity index (χ1v) is 6.63. The third kappa shape index (κ3) is 3.65. The highest BCUT2D eigenvalue weighted by molar-refractivity contribution is 5.82. The number of rotatable bonds is 5. The first-order chi connectivity index (χ1) is 9.68. The van der Waals surface area contributed by atoms with E-state index in [2.05, 4.69) is 4.98 Å². The summed E-state index contributed by atoms with van der Waals surface area (Å²) in [5.41, 5.74) is 8.01. The molecule has 1 aromatic carbocycles. The molecule has 1 aromatic heterocycles. The predicted octanol–water partition coefficient (Wildman–Crippen LogP) is 1.78. The van der Waals surface area contributed by atoms with Crippen molar-refractivity contribution in [2.24, 2.45) is 5.73 Å². The van der Waals surface area contributed by atoms with Crippen LogP contribution in [0.4, 0.5) is 0 Å². The molecule has 104 valence electrons. The fraction of sp³-hybridized carbons (Fsp3) is 0.250. The molecule has 1 unspecified atom stereocenters. The number of pyridine rings is 1. The Hall–Kier alpha value is -2.20. The van der Waals surface area contributed by atoms with Crippen molar-refractivity contribution >= 4 is 5.91 Å². The largest absolute Gasteiger partial charge is 0.344 e. The summed E-state index contributed by atoms with van der Waals surface area (Å²) in [5, 5.41) is 0. The van der Waals surface area contributed by atoms with Crippen LogP contribution in [0.2, 0.25) is 0 Å². The summed E-state index contributed by atoms with van der Waals surface area (Å²) >= 11 is 0. The number of carbonyl (C=O) groups is 1. The van der Waals surface area contributed by atoms with E-state index in [1.165, 1.54) is 0 Å². The highest BCUT2D eigenvalue weighted by Gasteiger charge is 2.19. The summed E-state index contributed by atoms with van der Waals surface area (Å²) in [6.45, 7) is 0.642. The molecule has 2 N–H and O–H groups in total. The minimum Gasteiger partial charge on any atom is -0.344 e. The van der Waals surface area contributed by atoms with Gasteiger partial charge in [0, 0.05) is 26.0 Å². The van der Waals surface area contributed by atoms with Crippen molar-refractivity contribution in [1.29, 1.82) is 0 Å². The zero-order valence-corrected chi connectivity index (χ0v) is 11.6. The number of carbonyl (C=O) groups excluding carboxylic acids is 1. The van der Waals surface area contributed by atoms with E-state index in [1.54, 1.807) is 24.3 Å². The van der Waals surface area contributed by atoms with Gasteiger partial charge < -0.3 is 10.6 Å². The molecule has 0 aliphatic heterocycles. The van der Waals surface area contributed by atoms with Crippen LogP contribution in [0.15, 0.2) is 54.9 Å². The van der Waals surface area contributed by atoms with Gasteiger partial charge in [-0.15, -0.1) is 0 Å². The summed E-state index contributed by atoms with van der Waals surface area (Å²) < 4.78 is 0. The van der Waals surface area contributed by atoms with E-state index in [1.807, 2.05) is 42.5 Å². The van der Waals surface area contributed by atoms with Crippen molar-refractivity contribution in [2.75, 3.05) is 13.6 Å². The maximum absolute atomic E-state index is 12.3. The van der Waals surface area contributed by atoms with Crippen LogP contribution < -0.4 is 5.73 Å². The Bertz CT molecular complexity index is 542. The van der Waals surface area contributed by atoms with Gasteiger partial charge in [0.15, 0.2) is 0 Å². The van der Waals surface area contributed by atoms with Crippen LogP contribution in [0.1, 0.15) is 17.2 Å². The van der Waals surface area contributed by atoms with Crippen molar-refractivity contribution in [3.63, 3.8) is 0 Å². The van der Waals surface area contributed by atoms with Crippen LogP contribution in [0, 0.1) is 0 Å². The lowest BCUT2D eigenvalue weighted by molar-refractivity contribution is -0.131. The molecule has 4 nitrogen and oxygen atoms in total. The number of likely N-dealkylation sites (N-methyl/N-ethyl adjacent to an activating group) is 1. The molecule has 2 rings (SSSR count). The molecular weight excluding hydrogens is 250 g/mol. The normalized spacial score (nSPS) is 11.9. The highest BCUT2D eigenvalue weighted by atomic mass is 16.2. The average Bonchev–Trinajstić information content (AvgIpc) is 2.53. The van der Waals surface area contributed by atoms with Gasteiger partial charge in [-0.05, 0) is 29.7 Å².